The van der Waals surface area contributed by atoms with Crippen LogP contribution in [-0.2, 0) is 4.79 Å². The Labute approximate surface area is 118 Å². The van der Waals surface area contributed by atoms with E-state index in [1.807, 2.05) is 13.0 Å². The first kappa shape index (κ1) is 13.8. The van der Waals surface area contributed by atoms with E-state index in [1.54, 1.807) is 18.3 Å². The smallest absolute Gasteiger partial charge is 0.239 e. The van der Waals surface area contributed by atoms with Crippen LogP contribution in [0.5, 0.6) is 0 Å². The summed E-state index contributed by atoms with van der Waals surface area (Å²) in [6, 6.07) is 5.37. The molecule has 0 fully saturated rings. The monoisotopic (exact) mass is 295 g/mol. The zero-order valence-electron chi connectivity index (χ0n) is 10.2. The second kappa shape index (κ2) is 6.48. The van der Waals surface area contributed by atoms with Crippen molar-refractivity contribution in [2.24, 2.45) is 0 Å². The maximum Gasteiger partial charge on any atom is 0.239 e. The van der Waals surface area contributed by atoms with Gasteiger partial charge in [0, 0.05) is 6.20 Å². The van der Waals surface area contributed by atoms with Gasteiger partial charge in [-0.05, 0) is 18.6 Å². The minimum atomic E-state index is -0.241. The van der Waals surface area contributed by atoms with Crippen LogP contribution in [-0.4, -0.2) is 26.3 Å². The molecule has 1 unspecified atom stereocenters. The second-order valence-electron chi connectivity index (χ2n) is 3.63. The number of nitrogens with two attached hydrogens (primary N) is 1. The molecule has 0 saturated heterocycles. The standard InChI is InChI=1S/C11H13N5OS2/c1-2-7(18-11-16-15-10(12)19-11)9(17)14-8-5-3-4-6-13-8/h3-7H,2H2,1H3,(H2,12,15)(H,13,14,17). The van der Waals surface area contributed by atoms with Crippen molar-refractivity contribution in [3.8, 4) is 0 Å². The number of carbonyl (C=O) groups excluding carboxylic acids is 1. The topological polar surface area (TPSA) is 93.8 Å². The second-order valence-corrected chi connectivity index (χ2v) is 6.08. The van der Waals surface area contributed by atoms with Gasteiger partial charge in [-0.1, -0.05) is 36.1 Å². The van der Waals surface area contributed by atoms with E-state index in [4.69, 9.17) is 5.73 Å². The molecule has 0 aliphatic carbocycles. The fourth-order valence-electron chi connectivity index (χ4n) is 1.36. The lowest BCUT2D eigenvalue weighted by Crippen LogP contribution is -2.24. The Kier molecular flexibility index (Phi) is 4.69. The molecule has 1 amide bonds. The molecule has 0 radical (unpaired) electrons. The van der Waals surface area contributed by atoms with E-state index in [0.29, 0.717) is 21.7 Å². The van der Waals surface area contributed by atoms with E-state index in [-0.39, 0.29) is 11.2 Å². The minimum Gasteiger partial charge on any atom is -0.374 e. The zero-order valence-corrected chi connectivity index (χ0v) is 11.9. The van der Waals surface area contributed by atoms with Gasteiger partial charge in [0.05, 0.1) is 5.25 Å². The number of aromatic nitrogens is 3. The van der Waals surface area contributed by atoms with Crippen molar-refractivity contribution < 1.29 is 4.79 Å². The molecule has 0 saturated carbocycles. The van der Waals surface area contributed by atoms with E-state index in [0.717, 1.165) is 0 Å². The molecule has 0 bridgehead atoms. The number of nitrogens with one attached hydrogen (secondary N) is 1. The third-order valence-corrected chi connectivity index (χ3v) is 4.45. The van der Waals surface area contributed by atoms with E-state index >= 15 is 0 Å². The Bertz CT molecular complexity index is 545. The Hall–Kier alpha value is -1.67. The van der Waals surface area contributed by atoms with Gasteiger partial charge in [0.15, 0.2) is 4.34 Å². The van der Waals surface area contributed by atoms with Gasteiger partial charge in [-0.25, -0.2) is 4.98 Å². The van der Waals surface area contributed by atoms with Gasteiger partial charge in [0.25, 0.3) is 0 Å². The van der Waals surface area contributed by atoms with Crippen molar-refractivity contribution in [2.75, 3.05) is 11.1 Å². The van der Waals surface area contributed by atoms with E-state index in [9.17, 15) is 4.79 Å². The first-order chi connectivity index (χ1) is 9.19. The Morgan fingerprint density at radius 2 is 2.37 bits per heavy atom. The van der Waals surface area contributed by atoms with Crippen LogP contribution in [0.3, 0.4) is 0 Å². The number of nitrogens with zero attached hydrogens (tertiary/aromatic N) is 3. The van der Waals surface area contributed by atoms with Crippen molar-refractivity contribution in [2.45, 2.75) is 22.9 Å². The van der Waals surface area contributed by atoms with Gasteiger partial charge < -0.3 is 11.1 Å². The summed E-state index contributed by atoms with van der Waals surface area (Å²) < 4.78 is 0.695. The third-order valence-electron chi connectivity index (χ3n) is 2.24. The minimum absolute atomic E-state index is 0.0972. The lowest BCUT2D eigenvalue weighted by molar-refractivity contribution is -0.115. The summed E-state index contributed by atoms with van der Waals surface area (Å²) in [5.41, 5.74) is 5.52. The Morgan fingerprint density at radius 3 is 2.95 bits per heavy atom. The van der Waals surface area contributed by atoms with Crippen molar-refractivity contribution in [1.29, 1.82) is 0 Å². The summed E-state index contributed by atoms with van der Waals surface area (Å²) in [6.07, 6.45) is 2.32. The SMILES string of the molecule is CCC(Sc1nnc(N)s1)C(=O)Nc1ccccn1. The molecule has 6 nitrogen and oxygen atoms in total. The van der Waals surface area contributed by atoms with Gasteiger partial charge in [-0.15, -0.1) is 10.2 Å². The largest absolute Gasteiger partial charge is 0.374 e. The van der Waals surface area contributed by atoms with Crippen molar-refractivity contribution >= 4 is 40.0 Å². The molecule has 2 aromatic rings. The normalized spacial score (nSPS) is 12.1. The fourth-order valence-corrected chi connectivity index (χ4v) is 3.16. The number of thioether (sulfide) groups is 1. The van der Waals surface area contributed by atoms with Crippen molar-refractivity contribution in [3.05, 3.63) is 24.4 Å². The predicted molar refractivity (Wildman–Crippen MR) is 77.1 cm³/mol. The van der Waals surface area contributed by atoms with Crippen LogP contribution in [0.1, 0.15) is 13.3 Å². The first-order valence-corrected chi connectivity index (χ1v) is 7.36. The predicted octanol–water partition coefficient (Wildman–Crippen LogP) is 2.02. The van der Waals surface area contributed by atoms with Crippen LogP contribution in [0, 0.1) is 0 Å². The summed E-state index contributed by atoms with van der Waals surface area (Å²) in [7, 11) is 0. The Balaban J connectivity index is 1.99. The van der Waals surface area contributed by atoms with Crippen molar-refractivity contribution in [1.82, 2.24) is 15.2 Å². The van der Waals surface area contributed by atoms with E-state index < -0.39 is 0 Å². The number of hydrogen-bond acceptors (Lipinski definition) is 7. The molecule has 8 heteroatoms. The quantitative estimate of drug-likeness (QED) is 0.820. The number of hydrogen-bond donors (Lipinski definition) is 2. The number of pyridine rings is 1. The maximum absolute atomic E-state index is 12.1. The average molecular weight is 295 g/mol. The van der Waals surface area contributed by atoms with Gasteiger partial charge in [-0.2, -0.15) is 0 Å². The number of anilines is 2. The molecule has 3 N–H and O–H groups in total. The summed E-state index contributed by atoms with van der Waals surface area (Å²) >= 11 is 2.64. The molecule has 100 valence electrons. The van der Waals surface area contributed by atoms with Crippen LogP contribution < -0.4 is 11.1 Å². The Morgan fingerprint density at radius 1 is 1.53 bits per heavy atom. The average Bonchev–Trinajstić information content (AvgIpc) is 2.82. The molecule has 0 aliphatic heterocycles. The molecule has 0 aromatic carbocycles. The van der Waals surface area contributed by atoms with Gasteiger partial charge in [0.1, 0.15) is 5.82 Å². The summed E-state index contributed by atoms with van der Waals surface area (Å²) in [4.78, 5) is 16.2. The maximum atomic E-state index is 12.1. The summed E-state index contributed by atoms with van der Waals surface area (Å²) in [6.45, 7) is 1.94. The number of nitrogen functional groups attached to an aromatic ring is 1. The molecule has 0 spiro atoms. The molecule has 1 atom stereocenters. The van der Waals surface area contributed by atoms with Crippen LogP contribution in [0.15, 0.2) is 28.7 Å². The number of amides is 1. The molecule has 19 heavy (non-hydrogen) atoms. The molecule has 0 aliphatic rings. The first-order valence-electron chi connectivity index (χ1n) is 5.66. The number of rotatable bonds is 5. The highest BCUT2D eigenvalue weighted by atomic mass is 32.2. The summed E-state index contributed by atoms with van der Waals surface area (Å²) in [5, 5.41) is 10.6. The number of carbonyl (C=O) groups is 1. The summed E-state index contributed by atoms with van der Waals surface area (Å²) in [5.74, 6) is 0.447. The third kappa shape index (κ3) is 3.90. The molecule has 2 heterocycles. The lowest BCUT2D eigenvalue weighted by atomic mass is 10.3. The van der Waals surface area contributed by atoms with E-state index in [2.05, 4.69) is 20.5 Å². The van der Waals surface area contributed by atoms with E-state index in [1.165, 1.54) is 23.1 Å². The molecular weight excluding hydrogens is 282 g/mol. The van der Waals surface area contributed by atoms with Crippen LogP contribution >= 0.6 is 23.1 Å². The fraction of sp³-hybridized carbons (Fsp3) is 0.273. The molecule has 2 rings (SSSR count). The van der Waals surface area contributed by atoms with Gasteiger partial charge in [0.2, 0.25) is 11.0 Å². The highest BCUT2D eigenvalue weighted by molar-refractivity contribution is 8.02. The van der Waals surface area contributed by atoms with Crippen LogP contribution in [0.4, 0.5) is 10.9 Å². The van der Waals surface area contributed by atoms with Crippen LogP contribution in [0.2, 0.25) is 0 Å². The van der Waals surface area contributed by atoms with Gasteiger partial charge in [-0.3, -0.25) is 4.79 Å². The lowest BCUT2D eigenvalue weighted by Gasteiger charge is -2.12. The zero-order chi connectivity index (χ0) is 13.7. The molecule has 2 aromatic heterocycles. The van der Waals surface area contributed by atoms with Gasteiger partial charge >= 0.3 is 0 Å². The highest BCUT2D eigenvalue weighted by Gasteiger charge is 2.20. The molecular formula is C11H13N5OS2. The van der Waals surface area contributed by atoms with Crippen LogP contribution in [0.25, 0.3) is 0 Å². The van der Waals surface area contributed by atoms with Crippen molar-refractivity contribution in [3.63, 3.8) is 0 Å². The highest BCUT2D eigenvalue weighted by Crippen LogP contribution is 2.29.